The third-order valence-electron chi connectivity index (χ3n) is 8.42. The molecule has 0 saturated carbocycles. The molecule has 0 fully saturated rings. The molecule has 0 aliphatic carbocycles. The normalized spacial score (nSPS) is 20.8. The molecule has 0 radical (unpaired) electrons. The molecule has 0 spiro atoms. The number of anilines is 1. The number of benzene rings is 3. The van der Waals surface area contributed by atoms with Crippen molar-refractivity contribution in [3.63, 3.8) is 0 Å². The average molecular weight is 652 g/mol. The number of aryl methyl sites for hydroxylation is 1. The van der Waals surface area contributed by atoms with Crippen molar-refractivity contribution in [1.29, 1.82) is 0 Å². The number of carbonyl (C=O) groups excluding carboxylic acids is 1. The molecule has 10 heteroatoms. The van der Waals surface area contributed by atoms with Gasteiger partial charge in [0.1, 0.15) is 5.75 Å². The Labute approximate surface area is 274 Å². The first-order valence-corrected chi connectivity index (χ1v) is 17.6. The maximum Gasteiger partial charge on any atom is 0.261 e. The van der Waals surface area contributed by atoms with E-state index in [1.807, 2.05) is 32.0 Å². The lowest BCUT2D eigenvalue weighted by Gasteiger charge is -2.36. The summed E-state index contributed by atoms with van der Waals surface area (Å²) in [6.45, 7) is 9.88. The zero-order valence-corrected chi connectivity index (χ0v) is 28.5. The van der Waals surface area contributed by atoms with E-state index in [9.17, 15) is 18.3 Å². The van der Waals surface area contributed by atoms with Crippen LogP contribution < -0.4 is 9.46 Å². The number of carbonyl (C=O) groups is 1. The third kappa shape index (κ3) is 9.78. The third-order valence-corrected chi connectivity index (χ3v) is 9.82. The van der Waals surface area contributed by atoms with Crippen LogP contribution in [-0.2, 0) is 21.3 Å². The molecule has 1 aliphatic heterocycles. The second-order valence-electron chi connectivity index (χ2n) is 12.6. The lowest BCUT2D eigenvalue weighted by atomic mass is 10.0. The van der Waals surface area contributed by atoms with Crippen LogP contribution >= 0.6 is 0 Å². The minimum atomic E-state index is -3.90. The number of nitrogens with one attached hydrogen (secondary N) is 1. The summed E-state index contributed by atoms with van der Waals surface area (Å²) in [5.41, 5.74) is 2.64. The fourth-order valence-corrected chi connectivity index (χ4v) is 6.70. The van der Waals surface area contributed by atoms with E-state index in [2.05, 4.69) is 35.7 Å². The van der Waals surface area contributed by atoms with Gasteiger partial charge < -0.3 is 19.5 Å². The summed E-state index contributed by atoms with van der Waals surface area (Å²) in [6, 6.07) is 21.2. The lowest BCUT2D eigenvalue weighted by molar-refractivity contribution is -0.0177. The van der Waals surface area contributed by atoms with Crippen LogP contribution in [0.4, 0.5) is 5.69 Å². The summed E-state index contributed by atoms with van der Waals surface area (Å²) in [7, 11) is -1.82. The smallest absolute Gasteiger partial charge is 0.261 e. The quantitative estimate of drug-likeness (QED) is 0.305. The zero-order valence-electron chi connectivity index (χ0n) is 27.7. The Morgan fingerprint density at radius 3 is 2.46 bits per heavy atom. The van der Waals surface area contributed by atoms with Gasteiger partial charge in [-0.1, -0.05) is 55.0 Å². The highest BCUT2D eigenvalue weighted by molar-refractivity contribution is 7.92. The highest BCUT2D eigenvalue weighted by Crippen LogP contribution is 2.29. The van der Waals surface area contributed by atoms with Crippen LogP contribution in [-0.4, -0.2) is 80.8 Å². The van der Waals surface area contributed by atoms with Gasteiger partial charge in [-0.3, -0.25) is 14.4 Å². The molecule has 0 unspecified atom stereocenters. The number of rotatable bonds is 9. The van der Waals surface area contributed by atoms with Crippen LogP contribution in [0, 0.1) is 12.8 Å². The highest BCUT2D eigenvalue weighted by atomic mass is 32.2. The first kappa shape index (κ1) is 35.4. The second kappa shape index (κ2) is 16.4. The summed E-state index contributed by atoms with van der Waals surface area (Å²) in [5.74, 6) is -0.0305. The van der Waals surface area contributed by atoms with Crippen LogP contribution in [0.15, 0.2) is 77.7 Å². The number of aliphatic hydroxyl groups is 1. The number of ether oxygens (including phenoxy) is 2. The minimum absolute atomic E-state index is 0.0642. The molecule has 3 aromatic rings. The molecule has 0 bridgehead atoms. The van der Waals surface area contributed by atoms with Crippen molar-refractivity contribution in [3.05, 3.63) is 89.5 Å². The van der Waals surface area contributed by atoms with Crippen molar-refractivity contribution in [2.24, 2.45) is 5.92 Å². The standard InChI is InChI=1S/C36H49N3O6S/c1-26-14-17-32(18-15-26)46(42,43)37-31-16-19-34-33(21-31)36(41)39(28(3)25-40)22-27(2)35(44-20-10-9-11-29(4)45-34)24-38(5)23-30-12-7-6-8-13-30/h6-8,12-19,21,27-29,35,37,40H,9-11,20,22-25H2,1-5H3/t27-,28-,29+,35+/m1/s1. The van der Waals surface area contributed by atoms with Crippen LogP contribution in [0.1, 0.15) is 61.5 Å². The van der Waals surface area contributed by atoms with E-state index in [-0.39, 0.29) is 46.8 Å². The van der Waals surface area contributed by atoms with E-state index in [1.165, 1.54) is 11.6 Å². The van der Waals surface area contributed by atoms with Gasteiger partial charge in [-0.2, -0.15) is 0 Å². The van der Waals surface area contributed by atoms with Gasteiger partial charge in [0.15, 0.2) is 0 Å². The number of aliphatic hydroxyl groups excluding tert-OH is 1. The number of nitrogens with zero attached hydrogens (tertiary/aromatic N) is 2. The summed E-state index contributed by atoms with van der Waals surface area (Å²) in [5, 5.41) is 10.2. The Kier molecular flexibility index (Phi) is 12.6. The van der Waals surface area contributed by atoms with E-state index in [0.717, 1.165) is 31.4 Å². The Hall–Kier alpha value is -3.44. The first-order chi connectivity index (χ1) is 22.0. The molecule has 1 amide bonds. The van der Waals surface area contributed by atoms with Crippen LogP contribution in [0.25, 0.3) is 0 Å². The maximum absolute atomic E-state index is 14.4. The maximum atomic E-state index is 14.4. The minimum Gasteiger partial charge on any atom is -0.490 e. The topological polar surface area (TPSA) is 108 Å². The van der Waals surface area contributed by atoms with Crippen molar-refractivity contribution in [3.8, 4) is 5.75 Å². The monoisotopic (exact) mass is 651 g/mol. The molecule has 1 heterocycles. The Morgan fingerprint density at radius 2 is 1.76 bits per heavy atom. The average Bonchev–Trinajstić information content (AvgIpc) is 3.03. The molecule has 46 heavy (non-hydrogen) atoms. The predicted octanol–water partition coefficient (Wildman–Crippen LogP) is 5.72. The fraction of sp³-hybridized carbons (Fsp3) is 0.472. The van der Waals surface area contributed by atoms with Gasteiger partial charge in [0.25, 0.3) is 15.9 Å². The van der Waals surface area contributed by atoms with Gasteiger partial charge in [0.2, 0.25) is 0 Å². The Balaban J connectivity index is 1.64. The molecule has 250 valence electrons. The summed E-state index contributed by atoms with van der Waals surface area (Å²) >= 11 is 0. The number of hydrogen-bond donors (Lipinski definition) is 2. The van der Waals surface area contributed by atoms with Gasteiger partial charge in [0.05, 0.1) is 35.3 Å². The summed E-state index contributed by atoms with van der Waals surface area (Å²) < 4.78 is 41.8. The van der Waals surface area contributed by atoms with Crippen molar-refractivity contribution in [1.82, 2.24) is 9.80 Å². The Bertz CT molecular complexity index is 1520. The van der Waals surface area contributed by atoms with E-state index in [4.69, 9.17) is 9.47 Å². The molecular formula is C36H49N3O6S. The number of sulfonamides is 1. The van der Waals surface area contributed by atoms with Crippen molar-refractivity contribution in [2.75, 3.05) is 38.1 Å². The first-order valence-electron chi connectivity index (χ1n) is 16.1. The van der Waals surface area contributed by atoms with Gasteiger partial charge in [0, 0.05) is 37.8 Å². The van der Waals surface area contributed by atoms with Crippen LogP contribution in [0.5, 0.6) is 5.75 Å². The molecule has 3 aromatic carbocycles. The number of likely N-dealkylation sites (N-methyl/N-ethyl adjacent to an activating group) is 1. The van der Waals surface area contributed by atoms with Gasteiger partial charge >= 0.3 is 0 Å². The molecule has 4 rings (SSSR count). The molecule has 0 aromatic heterocycles. The van der Waals surface area contributed by atoms with E-state index >= 15 is 0 Å². The molecule has 4 atom stereocenters. The Morgan fingerprint density at radius 1 is 1.04 bits per heavy atom. The second-order valence-corrected chi connectivity index (χ2v) is 14.3. The molecule has 2 N–H and O–H groups in total. The summed E-state index contributed by atoms with van der Waals surface area (Å²) in [6.07, 6.45) is 2.21. The molecule has 9 nitrogen and oxygen atoms in total. The van der Waals surface area contributed by atoms with E-state index in [0.29, 0.717) is 25.4 Å². The van der Waals surface area contributed by atoms with Gasteiger partial charge in [-0.15, -0.1) is 0 Å². The number of fused-ring (bicyclic) bond motifs is 1. The van der Waals surface area contributed by atoms with E-state index in [1.54, 1.807) is 48.2 Å². The van der Waals surface area contributed by atoms with Crippen molar-refractivity contribution in [2.45, 2.75) is 76.6 Å². The number of hydrogen-bond acceptors (Lipinski definition) is 7. The summed E-state index contributed by atoms with van der Waals surface area (Å²) in [4.78, 5) is 18.4. The largest absolute Gasteiger partial charge is 0.490 e. The van der Waals surface area contributed by atoms with Crippen LogP contribution in [0.2, 0.25) is 0 Å². The lowest BCUT2D eigenvalue weighted by Crippen LogP contribution is -2.47. The predicted molar refractivity (Wildman–Crippen MR) is 182 cm³/mol. The molecular weight excluding hydrogens is 602 g/mol. The SMILES string of the molecule is Cc1ccc(S(=O)(=O)Nc2ccc3c(c2)C(=O)N([C@H](C)CO)C[C@@H](C)[C@H](CN(C)Cc2ccccc2)OCCCC[C@H](C)O3)cc1. The molecule has 0 saturated heterocycles. The van der Waals surface area contributed by atoms with E-state index < -0.39 is 16.1 Å². The van der Waals surface area contributed by atoms with Crippen molar-refractivity contribution >= 4 is 21.6 Å². The van der Waals surface area contributed by atoms with Crippen LogP contribution in [0.3, 0.4) is 0 Å². The van der Waals surface area contributed by atoms with Gasteiger partial charge in [-0.25, -0.2) is 8.42 Å². The fourth-order valence-electron chi connectivity index (χ4n) is 5.65. The number of amides is 1. The highest BCUT2D eigenvalue weighted by Gasteiger charge is 2.30. The zero-order chi connectivity index (χ0) is 33.3. The molecule has 1 aliphatic rings. The van der Waals surface area contributed by atoms with Gasteiger partial charge in [-0.05, 0) is 83.0 Å². The van der Waals surface area contributed by atoms with Crippen molar-refractivity contribution < 1.29 is 27.8 Å².